The average molecular weight is 585 g/mol. The summed E-state index contributed by atoms with van der Waals surface area (Å²) in [6.07, 6.45) is 0.459. The van der Waals surface area contributed by atoms with Gasteiger partial charge in [0.05, 0.1) is 13.7 Å². The fourth-order valence-electron chi connectivity index (χ4n) is 3.04. The van der Waals surface area contributed by atoms with Gasteiger partial charge >= 0.3 is 6.09 Å². The molecule has 0 saturated carbocycles. The van der Waals surface area contributed by atoms with Gasteiger partial charge in [-0.3, -0.25) is 0 Å². The van der Waals surface area contributed by atoms with Gasteiger partial charge in [0.1, 0.15) is 24.0 Å². The highest BCUT2D eigenvalue weighted by Crippen LogP contribution is 2.18. The topological polar surface area (TPSA) is 71.0 Å². The van der Waals surface area contributed by atoms with Crippen molar-refractivity contribution in [3.8, 4) is 5.75 Å². The molecule has 3 rings (SSSR count). The fraction of sp³-hybridized carbons (Fsp3) is 0.409. The lowest BCUT2D eigenvalue weighted by molar-refractivity contribution is 0.0706. The van der Waals surface area contributed by atoms with E-state index in [1.807, 2.05) is 6.92 Å². The summed E-state index contributed by atoms with van der Waals surface area (Å²) in [6, 6.07) is 9.14. The van der Waals surface area contributed by atoms with Crippen LogP contribution in [0.1, 0.15) is 24.5 Å². The van der Waals surface area contributed by atoms with Gasteiger partial charge in [-0.1, -0.05) is 6.92 Å². The van der Waals surface area contributed by atoms with Gasteiger partial charge in [0, 0.05) is 40.4 Å². The maximum Gasteiger partial charge on any atom is 0.410 e. The zero-order valence-electron chi connectivity index (χ0n) is 17.9. The number of methoxy groups -OCH3 is 1. The van der Waals surface area contributed by atoms with Crippen LogP contribution in [-0.2, 0) is 18.0 Å². The second-order valence-electron chi connectivity index (χ2n) is 6.87. The molecule has 0 spiro atoms. The number of carbonyl (C=O) groups is 1. The first kappa shape index (κ1) is 28.3. The van der Waals surface area contributed by atoms with E-state index in [0.717, 1.165) is 23.1 Å². The lowest BCUT2D eigenvalue weighted by atomic mass is 10.1. The Morgan fingerprint density at radius 2 is 1.91 bits per heavy atom. The van der Waals surface area contributed by atoms with Gasteiger partial charge in [0.15, 0.2) is 0 Å². The smallest absolute Gasteiger partial charge is 0.410 e. The Kier molecular flexibility index (Phi) is 12.8. The normalized spacial score (nSPS) is 15.2. The molecule has 1 heterocycles. The molecule has 2 aromatic carbocycles. The van der Waals surface area contributed by atoms with Crippen LogP contribution in [0.3, 0.4) is 0 Å². The molecule has 0 bridgehead atoms. The number of benzene rings is 2. The number of nitrogens with one attached hydrogen (secondary N) is 1. The van der Waals surface area contributed by atoms with E-state index in [1.54, 1.807) is 17.0 Å². The quantitative estimate of drug-likeness (QED) is 0.507. The zero-order valence-corrected chi connectivity index (χ0v) is 20.9. The van der Waals surface area contributed by atoms with Crippen molar-refractivity contribution in [1.82, 2.24) is 10.2 Å². The molecule has 1 aliphatic rings. The number of aliphatic hydroxyl groups excluding tert-OH is 1. The summed E-state index contributed by atoms with van der Waals surface area (Å²) in [5.41, 5.74) is 0.665. The van der Waals surface area contributed by atoms with Crippen molar-refractivity contribution >= 4 is 41.1 Å². The third kappa shape index (κ3) is 8.34. The van der Waals surface area contributed by atoms with E-state index in [0.29, 0.717) is 23.4 Å². The molecule has 2 N–H and O–H groups in total. The van der Waals surface area contributed by atoms with Gasteiger partial charge in [-0.05, 0) is 65.4 Å². The first-order valence-electron chi connectivity index (χ1n) is 9.90. The summed E-state index contributed by atoms with van der Waals surface area (Å²) in [5.74, 6) is -0.213. The molecule has 1 amide bonds. The largest absolute Gasteiger partial charge is 0.497 e. The molecule has 178 valence electrons. The molecule has 1 atom stereocenters. The van der Waals surface area contributed by atoms with E-state index in [9.17, 15) is 13.6 Å². The number of piperazine rings is 1. The summed E-state index contributed by atoms with van der Waals surface area (Å²) in [4.78, 5) is 13.8. The predicted molar refractivity (Wildman–Crippen MR) is 129 cm³/mol. The van der Waals surface area contributed by atoms with Crippen LogP contribution in [0, 0.1) is 15.2 Å². The standard InChI is InChI=1S/C15H21FN2O3.C7H6FIO.ClH/c1-3-12-9-17-6-7-18(12)15(19)21-10-11-8-13(20-2)4-5-14(11)16;8-7-2-1-6(9)3-5(7)4-10;/h4-5,8,12,17H,3,6-7,9-10H2,1-2H3;1-3,10H,4H2;1H/t12-;;/m1../s1. The van der Waals surface area contributed by atoms with Crippen LogP contribution in [0.15, 0.2) is 36.4 Å². The maximum atomic E-state index is 13.7. The first-order chi connectivity index (χ1) is 14.9. The summed E-state index contributed by atoms with van der Waals surface area (Å²) in [7, 11) is 1.51. The Morgan fingerprint density at radius 3 is 2.53 bits per heavy atom. The molecule has 1 saturated heterocycles. The lowest BCUT2D eigenvalue weighted by Gasteiger charge is -2.34. The van der Waals surface area contributed by atoms with Gasteiger partial charge in [0.25, 0.3) is 0 Å². The summed E-state index contributed by atoms with van der Waals surface area (Å²) >= 11 is 2.07. The van der Waals surface area contributed by atoms with Gasteiger partial charge in [-0.25, -0.2) is 13.6 Å². The molecule has 1 aliphatic heterocycles. The van der Waals surface area contributed by atoms with Crippen LogP contribution < -0.4 is 10.1 Å². The van der Waals surface area contributed by atoms with Crippen molar-refractivity contribution < 1.29 is 28.2 Å². The number of carbonyl (C=O) groups excluding carboxylic acids is 1. The molecule has 6 nitrogen and oxygen atoms in total. The van der Waals surface area contributed by atoms with Crippen molar-refractivity contribution in [3.05, 3.63) is 62.7 Å². The number of aliphatic hydroxyl groups is 1. The fourth-order valence-corrected chi connectivity index (χ4v) is 3.60. The second-order valence-corrected chi connectivity index (χ2v) is 8.11. The van der Waals surface area contributed by atoms with Crippen LogP contribution in [0.4, 0.5) is 13.6 Å². The molecule has 0 aromatic heterocycles. The van der Waals surface area contributed by atoms with Crippen molar-refractivity contribution in [1.29, 1.82) is 0 Å². The van der Waals surface area contributed by atoms with Crippen LogP contribution in [0.2, 0.25) is 0 Å². The van der Waals surface area contributed by atoms with Crippen LogP contribution in [0.25, 0.3) is 0 Å². The molecule has 2 aromatic rings. The summed E-state index contributed by atoms with van der Waals surface area (Å²) in [5, 5.41) is 11.8. The molecular formula is C22H28ClF2IN2O4. The minimum atomic E-state index is -0.407. The SMILES string of the molecule is CC[C@@H]1CNCCN1C(=O)OCc1cc(OC)ccc1F.Cl.OCc1cc(I)ccc1F. The molecule has 0 radical (unpaired) electrons. The predicted octanol–water partition coefficient (Wildman–Crippen LogP) is 4.50. The van der Waals surface area contributed by atoms with E-state index in [-0.39, 0.29) is 37.5 Å². The van der Waals surface area contributed by atoms with Gasteiger partial charge < -0.3 is 24.8 Å². The van der Waals surface area contributed by atoms with Gasteiger partial charge in [0.2, 0.25) is 0 Å². The number of amides is 1. The van der Waals surface area contributed by atoms with Gasteiger partial charge in [-0.2, -0.15) is 0 Å². The molecule has 1 fully saturated rings. The molecule has 0 aliphatic carbocycles. The highest BCUT2D eigenvalue weighted by Gasteiger charge is 2.26. The van der Waals surface area contributed by atoms with Crippen LogP contribution in [0.5, 0.6) is 5.75 Å². The van der Waals surface area contributed by atoms with E-state index >= 15 is 0 Å². The van der Waals surface area contributed by atoms with E-state index in [1.165, 1.54) is 31.4 Å². The zero-order chi connectivity index (χ0) is 22.8. The van der Waals surface area contributed by atoms with E-state index in [4.69, 9.17) is 14.6 Å². The Morgan fingerprint density at radius 1 is 1.22 bits per heavy atom. The highest BCUT2D eigenvalue weighted by molar-refractivity contribution is 14.1. The average Bonchev–Trinajstić information content (AvgIpc) is 2.80. The first-order valence-corrected chi connectivity index (χ1v) is 11.0. The number of hydrogen-bond acceptors (Lipinski definition) is 5. The molecule has 0 unspecified atom stereocenters. The number of nitrogens with zero attached hydrogens (tertiary/aromatic N) is 1. The molecule has 10 heteroatoms. The lowest BCUT2D eigenvalue weighted by Crippen LogP contribution is -2.53. The van der Waals surface area contributed by atoms with Crippen molar-refractivity contribution in [2.45, 2.75) is 32.6 Å². The van der Waals surface area contributed by atoms with E-state index < -0.39 is 11.9 Å². The third-order valence-corrected chi connectivity index (χ3v) is 5.51. The Bertz CT molecular complexity index is 876. The van der Waals surface area contributed by atoms with Crippen LogP contribution in [-0.4, -0.2) is 48.9 Å². The Hall–Kier alpha value is -1.69. The summed E-state index contributed by atoms with van der Waals surface area (Å²) in [6.45, 7) is 3.82. The second kappa shape index (κ2) is 14.5. The summed E-state index contributed by atoms with van der Waals surface area (Å²) < 4.78 is 37.5. The van der Waals surface area contributed by atoms with Crippen molar-refractivity contribution in [2.75, 3.05) is 26.7 Å². The number of ether oxygens (including phenoxy) is 2. The third-order valence-electron chi connectivity index (χ3n) is 4.84. The maximum absolute atomic E-state index is 13.7. The van der Waals surface area contributed by atoms with Crippen LogP contribution >= 0.6 is 35.0 Å². The van der Waals surface area contributed by atoms with Gasteiger partial charge in [-0.15, -0.1) is 12.4 Å². The highest BCUT2D eigenvalue weighted by atomic mass is 127. The Labute approximate surface area is 206 Å². The minimum absolute atomic E-state index is 0. The number of hydrogen-bond donors (Lipinski definition) is 2. The monoisotopic (exact) mass is 584 g/mol. The number of rotatable bonds is 5. The minimum Gasteiger partial charge on any atom is -0.497 e. The Balaban J connectivity index is 0.000000393. The van der Waals surface area contributed by atoms with E-state index in [2.05, 4.69) is 27.9 Å². The van der Waals surface area contributed by atoms with Crippen molar-refractivity contribution in [2.24, 2.45) is 0 Å². The van der Waals surface area contributed by atoms with Crippen molar-refractivity contribution in [3.63, 3.8) is 0 Å². The number of halogens is 4. The molecular weight excluding hydrogens is 557 g/mol. The molecule has 32 heavy (non-hydrogen) atoms.